The van der Waals surface area contributed by atoms with E-state index in [2.05, 4.69) is 30.3 Å². The molecule has 0 saturated heterocycles. The number of aromatic nitrogens is 5. The van der Waals surface area contributed by atoms with E-state index < -0.39 is 11.0 Å². The summed E-state index contributed by atoms with van der Waals surface area (Å²) in [6.07, 6.45) is 3.29. The molecule has 0 aliphatic carbocycles. The number of benzene rings is 2. The van der Waals surface area contributed by atoms with Gasteiger partial charge in [0.2, 0.25) is 5.95 Å². The second kappa shape index (κ2) is 7.70. The van der Waals surface area contributed by atoms with Crippen LogP contribution in [0.2, 0.25) is 5.02 Å². The lowest BCUT2D eigenvalue weighted by Crippen LogP contribution is -2.14. The zero-order valence-corrected chi connectivity index (χ0v) is 16.8. The molecule has 1 unspecified atom stereocenters. The number of nitrogens with zero attached hydrogens (tertiary/aromatic N) is 4. The summed E-state index contributed by atoms with van der Waals surface area (Å²) in [5.41, 5.74) is 3.47. The summed E-state index contributed by atoms with van der Waals surface area (Å²) in [6, 6.07) is 11.6. The van der Waals surface area contributed by atoms with Gasteiger partial charge in [-0.2, -0.15) is 10.1 Å². The van der Waals surface area contributed by atoms with Crippen LogP contribution in [0, 0.1) is 0 Å². The van der Waals surface area contributed by atoms with Crippen molar-refractivity contribution in [3.05, 3.63) is 53.2 Å². The molecule has 0 aliphatic rings. The van der Waals surface area contributed by atoms with Crippen LogP contribution in [0.1, 0.15) is 5.56 Å². The van der Waals surface area contributed by atoms with E-state index in [0.29, 0.717) is 23.3 Å². The van der Waals surface area contributed by atoms with Crippen LogP contribution < -0.4 is 10.0 Å². The second-order valence-corrected chi connectivity index (χ2v) is 7.82. The molecular formula is C18H18ClN7OS. The van der Waals surface area contributed by atoms with Crippen LogP contribution in [0.15, 0.2) is 42.6 Å². The Morgan fingerprint density at radius 1 is 1.29 bits per heavy atom. The van der Waals surface area contributed by atoms with Crippen molar-refractivity contribution in [3.63, 3.8) is 0 Å². The van der Waals surface area contributed by atoms with Gasteiger partial charge in [-0.25, -0.2) is 13.6 Å². The minimum atomic E-state index is -1.06. The lowest BCUT2D eigenvalue weighted by molar-refractivity contribution is 0.676. The van der Waals surface area contributed by atoms with Crippen molar-refractivity contribution in [2.75, 3.05) is 11.6 Å². The van der Waals surface area contributed by atoms with Gasteiger partial charge in [0, 0.05) is 30.8 Å². The summed E-state index contributed by atoms with van der Waals surface area (Å²) in [6.45, 7) is 0.509. The van der Waals surface area contributed by atoms with Gasteiger partial charge in [0.25, 0.3) is 0 Å². The van der Waals surface area contributed by atoms with E-state index in [4.69, 9.17) is 11.6 Å². The third-order valence-electron chi connectivity index (χ3n) is 4.23. The molecule has 3 N–H and O–H groups in total. The molecule has 4 rings (SSSR count). The summed E-state index contributed by atoms with van der Waals surface area (Å²) in [7, 11) is 0.751. The number of hydrogen-bond acceptors (Lipinski definition) is 5. The third-order valence-corrected chi connectivity index (χ3v) is 5.19. The summed E-state index contributed by atoms with van der Waals surface area (Å²) in [5, 5.41) is 16.0. The predicted octanol–water partition coefficient (Wildman–Crippen LogP) is 3.14. The molecule has 28 heavy (non-hydrogen) atoms. The van der Waals surface area contributed by atoms with E-state index in [1.807, 2.05) is 43.4 Å². The molecule has 10 heteroatoms. The van der Waals surface area contributed by atoms with Crippen molar-refractivity contribution in [2.24, 2.45) is 7.05 Å². The summed E-state index contributed by atoms with van der Waals surface area (Å²) >= 11 is 6.48. The first-order chi connectivity index (χ1) is 13.5. The highest BCUT2D eigenvalue weighted by Gasteiger charge is 2.13. The molecular weight excluding hydrogens is 398 g/mol. The minimum absolute atomic E-state index is 0.509. The number of hydrogen-bond donors (Lipinski definition) is 3. The van der Waals surface area contributed by atoms with Gasteiger partial charge >= 0.3 is 0 Å². The zero-order chi connectivity index (χ0) is 19.7. The average molecular weight is 416 g/mol. The van der Waals surface area contributed by atoms with Crippen LogP contribution in [0.3, 0.4) is 0 Å². The molecule has 0 aliphatic heterocycles. The molecule has 0 radical (unpaired) electrons. The topological polar surface area (TPSA) is 101 Å². The van der Waals surface area contributed by atoms with Crippen LogP contribution in [-0.4, -0.2) is 35.4 Å². The maximum absolute atomic E-state index is 11.2. The van der Waals surface area contributed by atoms with Gasteiger partial charge in [-0.05, 0) is 23.8 Å². The van der Waals surface area contributed by atoms with Crippen LogP contribution >= 0.6 is 11.6 Å². The average Bonchev–Trinajstić information content (AvgIpc) is 3.30. The highest BCUT2D eigenvalue weighted by atomic mass is 35.5. The molecule has 144 valence electrons. The number of aromatic amines is 1. The van der Waals surface area contributed by atoms with Crippen LogP contribution in [0.4, 0.5) is 11.6 Å². The molecule has 2 aromatic carbocycles. The summed E-state index contributed by atoms with van der Waals surface area (Å²) in [4.78, 5) is 4.60. The largest absolute Gasteiger partial charge is 0.323 e. The van der Waals surface area contributed by atoms with Gasteiger partial charge in [0.1, 0.15) is 0 Å². The van der Waals surface area contributed by atoms with Crippen molar-refractivity contribution in [2.45, 2.75) is 6.54 Å². The molecule has 0 spiro atoms. The monoisotopic (exact) mass is 415 g/mol. The highest BCUT2D eigenvalue weighted by Crippen LogP contribution is 2.32. The molecule has 0 saturated carbocycles. The lowest BCUT2D eigenvalue weighted by atomic mass is 10.1. The molecule has 2 aromatic heterocycles. The van der Waals surface area contributed by atoms with Gasteiger partial charge in [-0.3, -0.25) is 5.10 Å². The second-order valence-electron chi connectivity index (χ2n) is 6.24. The van der Waals surface area contributed by atoms with Gasteiger partial charge in [0.05, 0.1) is 33.4 Å². The first-order valence-electron chi connectivity index (χ1n) is 8.47. The SMILES string of the molecule is Cn1nc(-c2cccc(CNS(C)=O)c2)nc1Nc1ccc2[nH]ncc2c1Cl. The summed E-state index contributed by atoms with van der Waals surface area (Å²) in [5.74, 6) is 1.16. The van der Waals surface area contributed by atoms with Crippen LogP contribution in [0.5, 0.6) is 0 Å². The number of rotatable bonds is 6. The van der Waals surface area contributed by atoms with Crippen LogP contribution in [0.25, 0.3) is 22.3 Å². The number of nitrogens with one attached hydrogen (secondary N) is 3. The van der Waals surface area contributed by atoms with Crippen molar-refractivity contribution >= 4 is 45.1 Å². The Hall–Kier alpha value is -2.75. The minimum Gasteiger partial charge on any atom is -0.323 e. The Balaban J connectivity index is 1.61. The Bertz CT molecular complexity index is 1170. The van der Waals surface area contributed by atoms with Crippen molar-refractivity contribution in [1.29, 1.82) is 0 Å². The summed E-state index contributed by atoms with van der Waals surface area (Å²) < 4.78 is 15.8. The quantitative estimate of drug-likeness (QED) is 0.449. The fourth-order valence-corrected chi connectivity index (χ4v) is 3.45. The van der Waals surface area contributed by atoms with Gasteiger partial charge < -0.3 is 5.32 Å². The standard InChI is InChI=1S/C18H18ClN7OS/c1-26-18(22-15-7-6-14-13(16(15)19)10-20-24-14)23-17(25-26)12-5-3-4-11(8-12)9-21-28(2)27/h3-8,10,21H,9H2,1-2H3,(H,20,24)(H,22,23,25). The normalized spacial score (nSPS) is 12.4. The van der Waals surface area contributed by atoms with E-state index in [1.165, 1.54) is 0 Å². The smallest absolute Gasteiger partial charge is 0.225 e. The third kappa shape index (κ3) is 3.77. The number of aryl methyl sites for hydroxylation is 1. The van der Waals surface area contributed by atoms with E-state index >= 15 is 0 Å². The Labute approximate surface area is 168 Å². The number of fused-ring (bicyclic) bond motifs is 1. The fourth-order valence-electron chi connectivity index (χ4n) is 2.82. The molecule has 2 heterocycles. The zero-order valence-electron chi connectivity index (χ0n) is 15.2. The van der Waals surface area contributed by atoms with E-state index in [0.717, 1.165) is 27.7 Å². The molecule has 0 fully saturated rings. The number of anilines is 2. The first-order valence-corrected chi connectivity index (χ1v) is 10.4. The number of H-pyrrole nitrogens is 1. The van der Waals surface area contributed by atoms with E-state index in [9.17, 15) is 4.21 Å². The Kier molecular flexibility index (Phi) is 5.12. The van der Waals surface area contributed by atoms with Crippen molar-refractivity contribution in [1.82, 2.24) is 29.7 Å². The number of halogens is 1. The molecule has 8 nitrogen and oxygen atoms in total. The highest BCUT2D eigenvalue weighted by molar-refractivity contribution is 7.82. The van der Waals surface area contributed by atoms with Crippen molar-refractivity contribution in [3.8, 4) is 11.4 Å². The van der Waals surface area contributed by atoms with Crippen LogP contribution in [-0.2, 0) is 24.6 Å². The van der Waals surface area contributed by atoms with Crippen molar-refractivity contribution < 1.29 is 4.21 Å². The maximum atomic E-state index is 11.2. The molecule has 1 atom stereocenters. The van der Waals surface area contributed by atoms with E-state index in [1.54, 1.807) is 17.1 Å². The van der Waals surface area contributed by atoms with Gasteiger partial charge in [0.15, 0.2) is 5.82 Å². The first kappa shape index (κ1) is 18.6. The van der Waals surface area contributed by atoms with Gasteiger partial charge in [-0.1, -0.05) is 29.8 Å². The predicted molar refractivity (Wildman–Crippen MR) is 112 cm³/mol. The van der Waals surface area contributed by atoms with Gasteiger partial charge in [-0.15, -0.1) is 5.10 Å². The van der Waals surface area contributed by atoms with E-state index in [-0.39, 0.29) is 0 Å². The maximum Gasteiger partial charge on any atom is 0.225 e. The molecule has 0 amide bonds. The lowest BCUT2D eigenvalue weighted by Gasteiger charge is -2.07. The fraction of sp³-hybridized carbons (Fsp3) is 0.167. The molecule has 4 aromatic rings. The molecule has 0 bridgehead atoms. The Morgan fingerprint density at radius 2 is 2.14 bits per heavy atom. The Morgan fingerprint density at radius 3 is 2.96 bits per heavy atom.